The lowest BCUT2D eigenvalue weighted by molar-refractivity contribution is -0.120. The molecule has 1 N–H and O–H groups in total. The van der Waals surface area contributed by atoms with Crippen LogP contribution in [0.4, 0.5) is 20.3 Å². The summed E-state index contributed by atoms with van der Waals surface area (Å²) < 4.78 is 51.7. The average molecular weight is 601 g/mol. The second kappa shape index (κ2) is 12.2. The van der Waals surface area contributed by atoms with Crippen LogP contribution in [0, 0.1) is 11.2 Å². The Morgan fingerprint density at radius 3 is 2.64 bits per heavy atom. The van der Waals surface area contributed by atoms with Gasteiger partial charge in [0.15, 0.2) is 11.6 Å². The number of halogens is 3. The number of fused-ring (bicyclic) bond motifs is 2. The van der Waals surface area contributed by atoms with E-state index in [0.29, 0.717) is 79.8 Å². The van der Waals surface area contributed by atoms with E-state index in [1.165, 1.54) is 30.6 Å². The molecule has 3 aromatic rings. The molecule has 12 heteroatoms. The lowest BCUT2D eigenvalue weighted by Gasteiger charge is -2.37. The number of hydrogen-bond acceptors (Lipinski definition) is 9. The zero-order valence-electron chi connectivity index (χ0n) is 23.1. The number of carbonyl (C=O) groups is 1. The fourth-order valence-electron chi connectivity index (χ4n) is 5.26. The van der Waals surface area contributed by atoms with Crippen molar-refractivity contribution in [1.82, 2.24) is 14.9 Å². The highest BCUT2D eigenvalue weighted by molar-refractivity contribution is 6.31. The first kappa shape index (κ1) is 28.9. The summed E-state index contributed by atoms with van der Waals surface area (Å²) in [6, 6.07) is 7.68. The maximum atomic E-state index is 15.1. The van der Waals surface area contributed by atoms with Crippen LogP contribution >= 0.6 is 11.6 Å². The summed E-state index contributed by atoms with van der Waals surface area (Å²) >= 11 is 5.95. The van der Waals surface area contributed by atoms with Gasteiger partial charge < -0.3 is 24.3 Å². The van der Waals surface area contributed by atoms with Gasteiger partial charge in [0.1, 0.15) is 23.7 Å². The molecule has 0 saturated carbocycles. The molecular formula is C30H31ClF2N4O5. The second-order valence-corrected chi connectivity index (χ2v) is 11.6. The lowest BCUT2D eigenvalue weighted by Crippen LogP contribution is -2.44. The van der Waals surface area contributed by atoms with Crippen LogP contribution in [-0.2, 0) is 25.4 Å². The molecule has 6 rings (SSSR count). The van der Waals surface area contributed by atoms with Gasteiger partial charge in [-0.1, -0.05) is 18.5 Å². The predicted octanol–water partition coefficient (Wildman–Crippen LogP) is 4.65. The van der Waals surface area contributed by atoms with E-state index in [1.807, 2.05) is 11.8 Å². The zero-order valence-corrected chi connectivity index (χ0v) is 23.8. The van der Waals surface area contributed by atoms with E-state index in [2.05, 4.69) is 15.3 Å². The zero-order chi connectivity index (χ0) is 29.3. The van der Waals surface area contributed by atoms with Gasteiger partial charge in [-0.15, -0.1) is 0 Å². The van der Waals surface area contributed by atoms with Crippen molar-refractivity contribution in [3.8, 4) is 5.75 Å². The molecule has 4 heterocycles. The fourth-order valence-corrected chi connectivity index (χ4v) is 5.45. The van der Waals surface area contributed by atoms with Crippen LogP contribution in [0.2, 0.25) is 5.02 Å². The Hall–Kier alpha value is -3.22. The Labute approximate surface area is 246 Å². The Balaban J connectivity index is 1.24. The van der Waals surface area contributed by atoms with Gasteiger partial charge in [0.2, 0.25) is 0 Å². The predicted molar refractivity (Wildman–Crippen MR) is 152 cm³/mol. The van der Waals surface area contributed by atoms with Crippen LogP contribution in [0.25, 0.3) is 10.9 Å². The number of anilines is 2. The number of carbonyl (C=O) groups excluding carboxylic acids is 1. The van der Waals surface area contributed by atoms with Gasteiger partial charge in [-0.25, -0.2) is 18.7 Å². The van der Waals surface area contributed by atoms with E-state index in [9.17, 15) is 9.18 Å². The summed E-state index contributed by atoms with van der Waals surface area (Å²) in [4.78, 5) is 23.8. The summed E-state index contributed by atoms with van der Waals surface area (Å²) in [5.74, 6) is -1.18. The van der Waals surface area contributed by atoms with Gasteiger partial charge in [-0.2, -0.15) is 0 Å². The molecule has 3 aliphatic heterocycles. The third-order valence-electron chi connectivity index (χ3n) is 7.66. The number of allylic oxidation sites excluding steroid dienone is 1. The number of hydrogen-bond donors (Lipinski definition) is 1. The third kappa shape index (κ3) is 6.40. The molecule has 2 aromatic carbocycles. The quantitative estimate of drug-likeness (QED) is 0.334. The largest absolute Gasteiger partial charge is 0.492 e. The van der Waals surface area contributed by atoms with Crippen LogP contribution in [0.1, 0.15) is 12.5 Å². The molecular weight excluding hydrogens is 570 g/mol. The molecule has 0 aliphatic carbocycles. The van der Waals surface area contributed by atoms with Gasteiger partial charge in [0.25, 0.3) is 0 Å². The second-order valence-electron chi connectivity index (χ2n) is 11.2. The van der Waals surface area contributed by atoms with Crippen molar-refractivity contribution in [3.05, 3.63) is 65.0 Å². The number of likely N-dealkylation sites (tertiary alicyclic amines) is 1. The smallest absolute Gasteiger partial charge is 0.195 e. The summed E-state index contributed by atoms with van der Waals surface area (Å²) in [5.41, 5.74) is 1.41. The van der Waals surface area contributed by atoms with E-state index in [-0.39, 0.29) is 35.6 Å². The number of nitrogens with one attached hydrogen (secondary N) is 1. The Morgan fingerprint density at radius 2 is 1.95 bits per heavy atom. The topological polar surface area (TPSA) is 95.0 Å². The van der Waals surface area contributed by atoms with Gasteiger partial charge in [-0.3, -0.25) is 9.69 Å². The van der Waals surface area contributed by atoms with Crippen molar-refractivity contribution in [2.75, 3.05) is 58.0 Å². The van der Waals surface area contributed by atoms with Crippen LogP contribution < -0.4 is 10.1 Å². The lowest BCUT2D eigenvalue weighted by atomic mass is 9.90. The SMILES string of the molecule is CC1(COc2cc3ncnc(Nc4ccc(F)c(Cl)c4)c3cc2CC(=O)/C(F)=C/CN2C[C@@H]3OCCO[C@@H]3C2)COC1. The molecule has 222 valence electrons. The van der Waals surface area contributed by atoms with Gasteiger partial charge in [0.05, 0.1) is 55.8 Å². The van der Waals surface area contributed by atoms with Crippen molar-refractivity contribution in [3.63, 3.8) is 0 Å². The minimum Gasteiger partial charge on any atom is -0.492 e. The molecule has 0 amide bonds. The average Bonchev–Trinajstić information content (AvgIpc) is 3.39. The van der Waals surface area contributed by atoms with Gasteiger partial charge in [-0.05, 0) is 30.3 Å². The minimum atomic E-state index is -0.819. The summed E-state index contributed by atoms with van der Waals surface area (Å²) in [5, 5.41) is 3.67. The van der Waals surface area contributed by atoms with E-state index >= 15 is 4.39 Å². The highest BCUT2D eigenvalue weighted by atomic mass is 35.5. The van der Waals surface area contributed by atoms with Crippen molar-refractivity contribution in [1.29, 1.82) is 0 Å². The molecule has 3 saturated heterocycles. The highest BCUT2D eigenvalue weighted by Gasteiger charge is 2.36. The maximum absolute atomic E-state index is 15.1. The maximum Gasteiger partial charge on any atom is 0.195 e. The van der Waals surface area contributed by atoms with Crippen LogP contribution in [0.5, 0.6) is 5.75 Å². The van der Waals surface area contributed by atoms with Crippen molar-refractivity contribution < 1.29 is 32.5 Å². The fraction of sp³-hybridized carbons (Fsp3) is 0.433. The molecule has 3 aliphatic rings. The number of Topliss-reactive ketones (excluding diaryl/α,β-unsaturated/α-hetero) is 1. The molecule has 42 heavy (non-hydrogen) atoms. The first-order valence-electron chi connectivity index (χ1n) is 13.8. The number of ether oxygens (including phenoxy) is 4. The summed E-state index contributed by atoms with van der Waals surface area (Å²) in [6.07, 6.45) is 2.42. The Kier molecular flexibility index (Phi) is 8.37. The highest BCUT2D eigenvalue weighted by Crippen LogP contribution is 2.34. The number of rotatable bonds is 10. The van der Waals surface area contributed by atoms with E-state index in [0.717, 1.165) is 0 Å². The van der Waals surface area contributed by atoms with Crippen molar-refractivity contribution in [2.24, 2.45) is 5.41 Å². The first-order chi connectivity index (χ1) is 20.3. The molecule has 2 atom stereocenters. The van der Waals surface area contributed by atoms with E-state index in [1.54, 1.807) is 12.1 Å². The number of benzene rings is 2. The standard InChI is InChI=1S/C30H31ClF2N4O5/c1-30(14-39-15-30)16-42-26-11-24-20(29(35-17-34-24)36-19-2-3-22(32)21(31)10-19)8-18(26)9-25(38)23(33)4-5-37-12-27-28(13-37)41-7-6-40-27/h2-4,8,10-11,17,27-28H,5-7,9,12-16H2,1H3,(H,34,35,36)/b23-4-/t27-,28+. The third-order valence-corrected chi connectivity index (χ3v) is 7.95. The van der Waals surface area contributed by atoms with Crippen LogP contribution in [0.3, 0.4) is 0 Å². The van der Waals surface area contributed by atoms with Crippen LogP contribution in [0.15, 0.2) is 48.6 Å². The molecule has 9 nitrogen and oxygen atoms in total. The summed E-state index contributed by atoms with van der Waals surface area (Å²) in [6.45, 7) is 6.19. The Bertz CT molecular complexity index is 1500. The molecule has 0 spiro atoms. The molecule has 3 fully saturated rings. The molecule has 0 unspecified atom stereocenters. The summed E-state index contributed by atoms with van der Waals surface area (Å²) in [7, 11) is 0. The van der Waals surface area contributed by atoms with E-state index in [4.69, 9.17) is 30.5 Å². The van der Waals surface area contributed by atoms with Crippen molar-refractivity contribution in [2.45, 2.75) is 25.6 Å². The van der Waals surface area contributed by atoms with Gasteiger partial charge in [0, 0.05) is 54.2 Å². The molecule has 0 bridgehead atoms. The van der Waals surface area contributed by atoms with Crippen molar-refractivity contribution >= 4 is 39.8 Å². The normalized spacial score (nSPS) is 22.0. The number of ketones is 1. The number of aromatic nitrogens is 2. The molecule has 0 radical (unpaired) electrons. The van der Waals surface area contributed by atoms with E-state index < -0.39 is 17.4 Å². The Morgan fingerprint density at radius 1 is 1.19 bits per heavy atom. The van der Waals surface area contributed by atoms with Gasteiger partial charge >= 0.3 is 0 Å². The number of nitrogens with zero attached hydrogens (tertiary/aromatic N) is 3. The first-order valence-corrected chi connectivity index (χ1v) is 14.2. The molecule has 1 aromatic heterocycles. The van der Waals surface area contributed by atoms with Crippen LogP contribution in [-0.4, -0.2) is 85.5 Å². The minimum absolute atomic E-state index is 0.0258. The monoisotopic (exact) mass is 600 g/mol.